The van der Waals surface area contributed by atoms with Gasteiger partial charge in [-0.15, -0.1) is 20.2 Å². The van der Waals surface area contributed by atoms with Gasteiger partial charge in [-0.3, -0.25) is 24.5 Å². The number of carboxylic acids is 1. The predicted molar refractivity (Wildman–Crippen MR) is 186 cm³/mol. The standard InChI is InChI=1S/C20H30N2O3.C7H14N2O4.C5H9NO5S/c1-3-8-17(19(23)22-14-7-9-15(22)2)21-18(20(24)25)13-12-16-10-5-4-6-11-16;1-8-7(10)5-3-2-4-6-13-9(11)12;7-5-10-1-3-12-4-2-11-6(8)9/h4-6,10-11,15,17-18,21H,3,7-9,12-14H2,1-2H3,(H,24,25);2-6H2,1H3,(H,8,10);5H,1-4H2. The van der Waals surface area contributed by atoms with Crippen molar-refractivity contribution in [2.75, 3.05) is 44.9 Å². The van der Waals surface area contributed by atoms with Crippen LogP contribution < -0.4 is 10.6 Å². The van der Waals surface area contributed by atoms with Crippen LogP contribution in [0.25, 0.3) is 0 Å². The van der Waals surface area contributed by atoms with E-state index in [4.69, 9.17) is 0 Å². The Hall–Kier alpha value is -4.19. The number of amides is 2. The highest BCUT2D eigenvalue weighted by molar-refractivity contribution is 7.99. The SMILES string of the molecule is CCCC(NC(CCc1ccccc1)C(=O)O)C(=O)N1CCCC1C.CNC(=O)CCCCCO[N+](=O)[O-].O=COCCSCCO[N+](=O)[O-]. The third-order valence-corrected chi connectivity index (χ3v) is 8.25. The molecule has 0 radical (unpaired) electrons. The minimum absolute atomic E-state index is 0.00445. The molecular weight excluding hydrogens is 678 g/mol. The Labute approximate surface area is 297 Å². The number of rotatable bonds is 24. The van der Waals surface area contributed by atoms with E-state index < -0.39 is 28.2 Å². The monoisotopic (exact) mass is 731 g/mol. The molecule has 17 nitrogen and oxygen atoms in total. The summed E-state index contributed by atoms with van der Waals surface area (Å²) in [5.41, 5.74) is 1.11. The second-order valence-electron chi connectivity index (χ2n) is 11.1. The van der Waals surface area contributed by atoms with Crippen LogP contribution in [0.1, 0.15) is 77.2 Å². The fourth-order valence-electron chi connectivity index (χ4n) is 4.76. The zero-order valence-electron chi connectivity index (χ0n) is 29.2. The van der Waals surface area contributed by atoms with Gasteiger partial charge in [-0.05, 0) is 57.4 Å². The fraction of sp³-hybridized carbons (Fsp3) is 0.688. The lowest BCUT2D eigenvalue weighted by atomic mass is 10.0. The minimum atomic E-state index is -0.890. The maximum absolute atomic E-state index is 12.8. The predicted octanol–water partition coefficient (Wildman–Crippen LogP) is 3.44. The molecule has 0 spiro atoms. The number of ether oxygens (including phenoxy) is 1. The number of hydrogen-bond donors (Lipinski definition) is 3. The Bertz CT molecular complexity index is 1120. The molecule has 1 fully saturated rings. The molecule has 1 saturated heterocycles. The number of benzene rings is 1. The molecule has 1 aromatic carbocycles. The molecule has 3 atom stereocenters. The van der Waals surface area contributed by atoms with Gasteiger partial charge in [0, 0.05) is 37.6 Å². The smallest absolute Gasteiger partial charge is 0.320 e. The zero-order chi connectivity index (χ0) is 37.6. The van der Waals surface area contributed by atoms with Crippen LogP contribution in [0.4, 0.5) is 0 Å². The summed E-state index contributed by atoms with van der Waals surface area (Å²) in [5.74, 6) is 0.301. The molecule has 0 aliphatic carbocycles. The number of thioether (sulfide) groups is 1. The lowest BCUT2D eigenvalue weighted by Crippen LogP contribution is -2.52. The van der Waals surface area contributed by atoms with E-state index in [1.54, 1.807) is 7.05 Å². The van der Waals surface area contributed by atoms with E-state index in [1.807, 2.05) is 42.2 Å². The van der Waals surface area contributed by atoms with Gasteiger partial charge in [0.25, 0.3) is 16.6 Å². The van der Waals surface area contributed by atoms with E-state index in [-0.39, 0.29) is 31.1 Å². The molecule has 2 amide bonds. The van der Waals surface area contributed by atoms with Crippen LogP contribution in [0.15, 0.2) is 30.3 Å². The van der Waals surface area contributed by atoms with Crippen molar-refractivity contribution in [2.45, 2.75) is 96.2 Å². The van der Waals surface area contributed by atoms with Gasteiger partial charge in [-0.2, -0.15) is 11.8 Å². The summed E-state index contributed by atoms with van der Waals surface area (Å²) >= 11 is 1.42. The van der Waals surface area contributed by atoms with Gasteiger partial charge in [-0.1, -0.05) is 50.1 Å². The van der Waals surface area contributed by atoms with Crippen molar-refractivity contribution in [3.05, 3.63) is 56.1 Å². The van der Waals surface area contributed by atoms with Crippen LogP contribution >= 0.6 is 11.8 Å². The number of unbranched alkanes of at least 4 members (excludes halogenated alkanes) is 2. The van der Waals surface area contributed by atoms with Crippen LogP contribution in [0.5, 0.6) is 0 Å². The van der Waals surface area contributed by atoms with Crippen molar-refractivity contribution in [1.82, 2.24) is 15.5 Å². The van der Waals surface area contributed by atoms with Crippen LogP contribution in [-0.4, -0.2) is 107 Å². The van der Waals surface area contributed by atoms with Gasteiger partial charge in [0.05, 0.1) is 12.6 Å². The van der Waals surface area contributed by atoms with E-state index in [9.17, 15) is 44.5 Å². The molecule has 1 aliphatic rings. The maximum Gasteiger partial charge on any atom is 0.320 e. The number of aliphatic carboxylic acids is 1. The van der Waals surface area contributed by atoms with Gasteiger partial charge in [-0.25, -0.2) is 0 Å². The first-order valence-electron chi connectivity index (χ1n) is 16.7. The lowest BCUT2D eigenvalue weighted by molar-refractivity contribution is -0.757. The van der Waals surface area contributed by atoms with Crippen molar-refractivity contribution in [3.63, 3.8) is 0 Å². The second kappa shape index (κ2) is 29.7. The van der Waals surface area contributed by atoms with Crippen LogP contribution in [0.3, 0.4) is 0 Å². The summed E-state index contributed by atoms with van der Waals surface area (Å²) in [5, 5.41) is 32.9. The van der Waals surface area contributed by atoms with Crippen LogP contribution in [0.2, 0.25) is 0 Å². The summed E-state index contributed by atoms with van der Waals surface area (Å²) in [7, 11) is 1.58. The summed E-state index contributed by atoms with van der Waals surface area (Å²) in [6, 6.07) is 8.98. The number of hydrogen-bond acceptors (Lipinski definition) is 13. The van der Waals surface area contributed by atoms with Gasteiger partial charge in [0.15, 0.2) is 0 Å². The molecule has 50 heavy (non-hydrogen) atoms. The molecule has 3 N–H and O–H groups in total. The van der Waals surface area contributed by atoms with Gasteiger partial charge < -0.3 is 29.7 Å². The largest absolute Gasteiger partial charge is 0.480 e. The zero-order valence-corrected chi connectivity index (χ0v) is 30.0. The molecule has 3 unspecified atom stereocenters. The highest BCUT2D eigenvalue weighted by Gasteiger charge is 2.32. The number of nitrogens with one attached hydrogen (secondary N) is 2. The Morgan fingerprint density at radius 1 is 1.02 bits per heavy atom. The van der Waals surface area contributed by atoms with E-state index >= 15 is 0 Å². The van der Waals surface area contributed by atoms with Crippen molar-refractivity contribution in [1.29, 1.82) is 0 Å². The van der Waals surface area contributed by atoms with Crippen molar-refractivity contribution >= 4 is 36.0 Å². The number of carbonyl (C=O) groups excluding carboxylic acids is 3. The van der Waals surface area contributed by atoms with Crippen molar-refractivity contribution < 1.29 is 48.9 Å². The fourth-order valence-corrected chi connectivity index (χ4v) is 5.37. The average molecular weight is 732 g/mol. The number of likely N-dealkylation sites (tertiary alicyclic amines) is 1. The van der Waals surface area contributed by atoms with Gasteiger partial charge in [0.1, 0.15) is 19.3 Å². The van der Waals surface area contributed by atoms with Crippen LogP contribution in [-0.2, 0) is 40.0 Å². The van der Waals surface area contributed by atoms with Crippen molar-refractivity contribution in [2.24, 2.45) is 0 Å². The summed E-state index contributed by atoms with van der Waals surface area (Å²) in [6.45, 7) is 5.75. The number of carbonyl (C=O) groups is 4. The molecule has 2 rings (SSSR count). The van der Waals surface area contributed by atoms with Crippen molar-refractivity contribution in [3.8, 4) is 0 Å². The molecule has 0 saturated carbocycles. The summed E-state index contributed by atoms with van der Waals surface area (Å²) in [4.78, 5) is 74.3. The molecule has 18 heteroatoms. The van der Waals surface area contributed by atoms with Gasteiger partial charge >= 0.3 is 5.97 Å². The van der Waals surface area contributed by atoms with E-state index in [0.717, 1.165) is 44.2 Å². The number of aryl methyl sites for hydroxylation is 1. The van der Waals surface area contributed by atoms with Gasteiger partial charge in [0.2, 0.25) is 11.8 Å². The Morgan fingerprint density at radius 3 is 2.24 bits per heavy atom. The second-order valence-corrected chi connectivity index (χ2v) is 12.3. The number of nitrogens with zero attached hydrogens (tertiary/aromatic N) is 3. The topological polar surface area (TPSA) is 230 Å². The quantitative estimate of drug-likeness (QED) is 0.0599. The molecule has 1 heterocycles. The van der Waals surface area contributed by atoms with E-state index in [1.165, 1.54) is 11.8 Å². The summed E-state index contributed by atoms with van der Waals surface area (Å²) in [6.07, 6.45) is 7.30. The molecule has 284 valence electrons. The third kappa shape index (κ3) is 24.0. The Morgan fingerprint density at radius 2 is 1.68 bits per heavy atom. The molecular formula is C32H53N5O12S. The maximum atomic E-state index is 12.8. The Balaban J connectivity index is 0.000000810. The van der Waals surface area contributed by atoms with E-state index in [0.29, 0.717) is 56.7 Å². The van der Waals surface area contributed by atoms with Crippen LogP contribution in [0, 0.1) is 20.2 Å². The highest BCUT2D eigenvalue weighted by Crippen LogP contribution is 2.19. The normalized spacial score (nSPS) is 14.4. The molecule has 1 aliphatic heterocycles. The first-order valence-corrected chi connectivity index (χ1v) is 17.8. The molecule has 0 bridgehead atoms. The molecule has 0 aromatic heterocycles. The molecule has 1 aromatic rings. The minimum Gasteiger partial charge on any atom is -0.480 e. The third-order valence-electron chi connectivity index (χ3n) is 7.34. The first-order chi connectivity index (χ1) is 24.0. The summed E-state index contributed by atoms with van der Waals surface area (Å²) < 4.78 is 4.39. The first kappa shape index (κ1) is 45.8. The average Bonchev–Trinajstić information content (AvgIpc) is 3.53. The highest BCUT2D eigenvalue weighted by atomic mass is 32.2. The number of carboxylic acid groups (broad SMARTS) is 1. The lowest BCUT2D eigenvalue weighted by Gasteiger charge is -2.29. The van der Waals surface area contributed by atoms with E-state index in [2.05, 4.69) is 32.0 Å². The Kier molecular flexibility index (Phi) is 27.2.